The molecule has 0 radical (unpaired) electrons. The van der Waals surface area contributed by atoms with Crippen molar-refractivity contribution in [2.45, 2.75) is 56.2 Å². The van der Waals surface area contributed by atoms with Crippen LogP contribution in [0.25, 0.3) is 0 Å². The second kappa shape index (κ2) is 10.8. The van der Waals surface area contributed by atoms with Crippen LogP contribution in [-0.4, -0.2) is 53.7 Å². The van der Waals surface area contributed by atoms with Crippen molar-refractivity contribution in [1.82, 2.24) is 4.90 Å². The Kier molecular flexibility index (Phi) is 8.22. The standard InChI is InChI=1S/C24H31N3O.C2HF3O2/c1-3-24(25)16-22(24)19-8-10-21(11-9-19)26-23(28)20-6-4-17(5-7-20)18-12-14-27(2)15-13-18;3-2(4,5)1(6)7/h4-11,18,22H,3,12-16,25H2,1-2H3,(H,26,28);(H,6,7)/t22-,24-;/m0./s1. The van der Waals surface area contributed by atoms with E-state index in [1.54, 1.807) is 0 Å². The highest BCUT2D eigenvalue weighted by molar-refractivity contribution is 6.04. The van der Waals surface area contributed by atoms with Crippen molar-refractivity contribution < 1.29 is 27.9 Å². The number of carbonyl (C=O) groups excluding carboxylic acids is 1. The molecule has 2 fully saturated rings. The van der Waals surface area contributed by atoms with Gasteiger partial charge in [0, 0.05) is 22.7 Å². The lowest BCUT2D eigenvalue weighted by molar-refractivity contribution is -0.192. The Morgan fingerprint density at radius 1 is 1.06 bits per heavy atom. The third kappa shape index (κ3) is 7.05. The molecule has 6 nitrogen and oxygen atoms in total. The lowest BCUT2D eigenvalue weighted by Crippen LogP contribution is -2.29. The number of carboxylic acid groups (broad SMARTS) is 1. The van der Waals surface area contributed by atoms with E-state index in [4.69, 9.17) is 15.6 Å². The normalized spacial score (nSPS) is 22.6. The molecule has 9 heteroatoms. The van der Waals surface area contributed by atoms with Crippen molar-refractivity contribution in [3.63, 3.8) is 0 Å². The number of piperidine rings is 1. The van der Waals surface area contributed by atoms with E-state index in [0.29, 0.717) is 17.4 Å². The van der Waals surface area contributed by atoms with Crippen molar-refractivity contribution in [3.05, 3.63) is 65.2 Å². The quantitative estimate of drug-likeness (QED) is 0.549. The minimum atomic E-state index is -5.08. The molecule has 2 aromatic carbocycles. The first kappa shape index (κ1) is 26.7. The molecule has 0 aromatic heterocycles. The average molecular weight is 492 g/mol. The van der Waals surface area contributed by atoms with Gasteiger partial charge in [-0.2, -0.15) is 13.2 Å². The highest BCUT2D eigenvalue weighted by atomic mass is 19.4. The van der Waals surface area contributed by atoms with E-state index in [0.717, 1.165) is 31.6 Å². The number of halogens is 3. The van der Waals surface area contributed by atoms with E-state index in [2.05, 4.69) is 48.5 Å². The minimum Gasteiger partial charge on any atom is -0.475 e. The second-order valence-corrected chi connectivity index (χ2v) is 9.42. The summed E-state index contributed by atoms with van der Waals surface area (Å²) in [7, 11) is 2.18. The monoisotopic (exact) mass is 491 g/mol. The molecule has 4 rings (SSSR count). The predicted octanol–water partition coefficient (Wildman–Crippen LogP) is 4.98. The Hall–Kier alpha value is -2.91. The van der Waals surface area contributed by atoms with Gasteiger partial charge in [-0.3, -0.25) is 4.79 Å². The molecule has 4 N–H and O–H groups in total. The number of nitrogens with zero attached hydrogens (tertiary/aromatic N) is 1. The van der Waals surface area contributed by atoms with E-state index in [1.165, 1.54) is 24.0 Å². The molecule has 35 heavy (non-hydrogen) atoms. The average Bonchev–Trinajstić information content (AvgIpc) is 3.52. The van der Waals surface area contributed by atoms with E-state index >= 15 is 0 Å². The first-order valence-corrected chi connectivity index (χ1v) is 11.7. The number of benzene rings is 2. The van der Waals surface area contributed by atoms with Gasteiger partial charge in [0.2, 0.25) is 0 Å². The number of anilines is 1. The number of nitrogens with two attached hydrogens (primary N) is 1. The molecule has 2 aromatic rings. The van der Waals surface area contributed by atoms with Gasteiger partial charge in [-0.1, -0.05) is 31.2 Å². The predicted molar refractivity (Wildman–Crippen MR) is 129 cm³/mol. The molecule has 1 aliphatic carbocycles. The number of nitrogens with one attached hydrogen (secondary N) is 1. The fourth-order valence-corrected chi connectivity index (χ4v) is 4.41. The molecule has 1 amide bonds. The Balaban J connectivity index is 0.000000429. The summed E-state index contributed by atoms with van der Waals surface area (Å²) < 4.78 is 31.7. The number of alkyl halides is 3. The van der Waals surface area contributed by atoms with Crippen molar-refractivity contribution in [2.75, 3.05) is 25.5 Å². The molecule has 1 aliphatic heterocycles. The van der Waals surface area contributed by atoms with E-state index < -0.39 is 12.1 Å². The van der Waals surface area contributed by atoms with Crippen molar-refractivity contribution in [1.29, 1.82) is 0 Å². The smallest absolute Gasteiger partial charge is 0.475 e. The molecule has 1 heterocycles. The molecule has 190 valence electrons. The number of hydrogen-bond donors (Lipinski definition) is 3. The Morgan fingerprint density at radius 2 is 1.57 bits per heavy atom. The maximum atomic E-state index is 12.6. The number of aliphatic carboxylic acids is 1. The summed E-state index contributed by atoms with van der Waals surface area (Å²) in [5.74, 6) is -1.75. The van der Waals surface area contributed by atoms with Crippen molar-refractivity contribution in [2.24, 2.45) is 5.73 Å². The van der Waals surface area contributed by atoms with Crippen molar-refractivity contribution in [3.8, 4) is 0 Å². The number of rotatable bonds is 5. The Bertz CT molecular complexity index is 1020. The first-order valence-electron chi connectivity index (χ1n) is 11.7. The molecule has 0 unspecified atom stereocenters. The van der Waals surface area contributed by atoms with Crippen LogP contribution in [0.1, 0.15) is 65.9 Å². The maximum Gasteiger partial charge on any atom is 0.490 e. The van der Waals surface area contributed by atoms with E-state index in [-0.39, 0.29) is 11.4 Å². The molecule has 0 spiro atoms. The van der Waals surface area contributed by atoms with Crippen molar-refractivity contribution >= 4 is 17.6 Å². The fourth-order valence-electron chi connectivity index (χ4n) is 4.41. The van der Waals surface area contributed by atoms with Crippen LogP contribution in [0.2, 0.25) is 0 Å². The molecule has 2 atom stereocenters. The topological polar surface area (TPSA) is 95.7 Å². The van der Waals surface area contributed by atoms with Gasteiger partial charge in [-0.25, -0.2) is 4.79 Å². The summed E-state index contributed by atoms with van der Waals surface area (Å²) in [4.78, 5) is 23.9. The highest BCUT2D eigenvalue weighted by Gasteiger charge is 2.49. The van der Waals surface area contributed by atoms with Gasteiger partial charge in [-0.05, 0) is 87.1 Å². The van der Waals surface area contributed by atoms with E-state index in [1.807, 2.05) is 24.3 Å². The van der Waals surface area contributed by atoms with Crippen LogP contribution < -0.4 is 11.1 Å². The van der Waals surface area contributed by atoms with Crippen LogP contribution in [-0.2, 0) is 4.79 Å². The highest BCUT2D eigenvalue weighted by Crippen LogP contribution is 2.51. The van der Waals surface area contributed by atoms with Crippen LogP contribution in [0.4, 0.5) is 18.9 Å². The summed E-state index contributed by atoms with van der Waals surface area (Å²) in [5.41, 5.74) is 10.4. The second-order valence-electron chi connectivity index (χ2n) is 9.42. The number of carbonyl (C=O) groups is 2. The van der Waals surface area contributed by atoms with Crippen LogP contribution in [0.15, 0.2) is 48.5 Å². The largest absolute Gasteiger partial charge is 0.490 e. The zero-order valence-corrected chi connectivity index (χ0v) is 19.9. The summed E-state index contributed by atoms with van der Waals surface area (Å²) in [6.07, 6.45) is -0.641. The fraction of sp³-hybridized carbons (Fsp3) is 0.462. The van der Waals surface area contributed by atoms with Crippen LogP contribution >= 0.6 is 0 Å². The zero-order chi connectivity index (χ0) is 25.8. The molecule has 2 aliphatic rings. The number of hydrogen-bond acceptors (Lipinski definition) is 4. The van der Waals surface area contributed by atoms with Gasteiger partial charge in [0.1, 0.15) is 0 Å². The van der Waals surface area contributed by atoms with Gasteiger partial charge in [0.05, 0.1) is 0 Å². The zero-order valence-electron chi connectivity index (χ0n) is 19.9. The summed E-state index contributed by atoms with van der Waals surface area (Å²) in [5, 5.41) is 10.1. The number of amides is 1. The van der Waals surface area contributed by atoms with Crippen LogP contribution in [0.5, 0.6) is 0 Å². The maximum absolute atomic E-state index is 12.6. The Labute approximate surface area is 203 Å². The molecule has 1 saturated heterocycles. The number of likely N-dealkylation sites (tertiary alicyclic amines) is 1. The molecular formula is C26H32F3N3O3. The third-order valence-corrected chi connectivity index (χ3v) is 6.95. The molecule has 1 saturated carbocycles. The van der Waals surface area contributed by atoms with Gasteiger partial charge in [0.25, 0.3) is 5.91 Å². The lowest BCUT2D eigenvalue weighted by atomic mass is 9.89. The molecule has 0 bridgehead atoms. The first-order chi connectivity index (χ1) is 16.4. The lowest BCUT2D eigenvalue weighted by Gasteiger charge is -2.29. The Morgan fingerprint density at radius 3 is 2.03 bits per heavy atom. The minimum absolute atomic E-state index is 0.0275. The summed E-state index contributed by atoms with van der Waals surface area (Å²) in [6.45, 7) is 4.44. The third-order valence-electron chi connectivity index (χ3n) is 6.95. The van der Waals surface area contributed by atoms with E-state index in [9.17, 15) is 18.0 Å². The van der Waals surface area contributed by atoms with Crippen LogP contribution in [0, 0.1) is 0 Å². The SMILES string of the molecule is CC[C@]1(N)C[C@H]1c1ccc(NC(=O)c2ccc(C3CCN(C)CC3)cc2)cc1.O=C(O)C(F)(F)F. The molecular weight excluding hydrogens is 459 g/mol. The number of carboxylic acids is 1. The van der Waals surface area contributed by atoms with Gasteiger partial charge in [-0.15, -0.1) is 0 Å². The van der Waals surface area contributed by atoms with Crippen LogP contribution in [0.3, 0.4) is 0 Å². The summed E-state index contributed by atoms with van der Waals surface area (Å²) in [6, 6.07) is 16.3. The summed E-state index contributed by atoms with van der Waals surface area (Å²) >= 11 is 0. The van der Waals surface area contributed by atoms with Gasteiger partial charge < -0.3 is 21.1 Å². The van der Waals surface area contributed by atoms with Gasteiger partial charge in [0.15, 0.2) is 0 Å². The van der Waals surface area contributed by atoms with Gasteiger partial charge >= 0.3 is 12.1 Å².